The predicted octanol–water partition coefficient (Wildman–Crippen LogP) is 3.86. The maximum absolute atomic E-state index is 13.1. The van der Waals surface area contributed by atoms with Crippen molar-refractivity contribution in [3.8, 4) is 17.0 Å². The number of hydrogen-bond acceptors (Lipinski definition) is 3. The van der Waals surface area contributed by atoms with Gasteiger partial charge in [0.25, 0.3) is 0 Å². The number of aromatic nitrogens is 1. The first-order chi connectivity index (χ1) is 15.0. The molecule has 1 aliphatic rings. The van der Waals surface area contributed by atoms with Gasteiger partial charge in [0.15, 0.2) is 0 Å². The zero-order chi connectivity index (χ0) is 22.0. The zero-order valence-corrected chi connectivity index (χ0v) is 18.4. The smallest absolute Gasteiger partial charge is 0.244 e. The second kappa shape index (κ2) is 8.84. The molecule has 31 heavy (non-hydrogen) atoms. The van der Waals surface area contributed by atoms with Gasteiger partial charge in [0.1, 0.15) is 11.8 Å². The number of hydrogen-bond donors (Lipinski definition) is 1. The summed E-state index contributed by atoms with van der Waals surface area (Å²) in [5, 5.41) is 1.13. The van der Waals surface area contributed by atoms with Crippen molar-refractivity contribution in [2.75, 3.05) is 27.7 Å². The highest BCUT2D eigenvalue weighted by molar-refractivity contribution is 5.92. The first kappa shape index (κ1) is 21.0. The van der Waals surface area contributed by atoms with Crippen LogP contribution in [-0.2, 0) is 16.0 Å². The summed E-state index contributed by atoms with van der Waals surface area (Å²) in [6.07, 6.45) is 2.61. The summed E-state index contributed by atoms with van der Waals surface area (Å²) in [7, 11) is 5.15. The van der Waals surface area contributed by atoms with E-state index in [1.54, 1.807) is 31.0 Å². The van der Waals surface area contributed by atoms with Crippen LogP contribution in [0.25, 0.3) is 22.2 Å². The van der Waals surface area contributed by atoms with E-state index in [2.05, 4.69) is 17.1 Å². The molecule has 0 radical (unpaired) electrons. The molecule has 6 nitrogen and oxygen atoms in total. The van der Waals surface area contributed by atoms with E-state index >= 15 is 0 Å². The lowest BCUT2D eigenvalue weighted by Gasteiger charge is -2.26. The molecule has 4 rings (SSSR count). The summed E-state index contributed by atoms with van der Waals surface area (Å²) >= 11 is 0. The van der Waals surface area contributed by atoms with Crippen molar-refractivity contribution < 1.29 is 14.3 Å². The number of H-pyrrole nitrogens is 1. The van der Waals surface area contributed by atoms with Crippen LogP contribution < -0.4 is 4.74 Å². The minimum absolute atomic E-state index is 0.0110. The topological polar surface area (TPSA) is 65.6 Å². The summed E-state index contributed by atoms with van der Waals surface area (Å²) in [5.74, 6) is 0.864. The maximum atomic E-state index is 13.1. The van der Waals surface area contributed by atoms with Crippen LogP contribution in [-0.4, -0.2) is 60.4 Å². The number of fused-ring (bicyclic) bond motifs is 1. The molecule has 162 valence electrons. The normalized spacial score (nSPS) is 16.0. The zero-order valence-electron chi connectivity index (χ0n) is 18.4. The largest absolute Gasteiger partial charge is 0.497 e. The number of benzene rings is 2. The van der Waals surface area contributed by atoms with Gasteiger partial charge in [-0.25, -0.2) is 0 Å². The summed E-state index contributed by atoms with van der Waals surface area (Å²) < 4.78 is 5.28. The summed E-state index contributed by atoms with van der Waals surface area (Å²) in [6, 6.07) is 15.8. The molecule has 2 aromatic carbocycles. The number of aryl methyl sites for hydroxylation is 1. The van der Waals surface area contributed by atoms with Gasteiger partial charge in [-0.15, -0.1) is 0 Å². The van der Waals surface area contributed by atoms with Gasteiger partial charge in [-0.3, -0.25) is 9.59 Å². The first-order valence-electron chi connectivity index (χ1n) is 10.7. The SMILES string of the molecule is COc1ccc(-c2[nH]c3ccccc3c2CCC(=O)N2CCCC2C(=O)N(C)C)cc1. The van der Waals surface area contributed by atoms with E-state index in [1.807, 2.05) is 36.4 Å². The first-order valence-corrected chi connectivity index (χ1v) is 10.7. The third kappa shape index (κ3) is 4.15. The van der Waals surface area contributed by atoms with Crippen molar-refractivity contribution >= 4 is 22.7 Å². The number of aromatic amines is 1. The Morgan fingerprint density at radius 3 is 2.58 bits per heavy atom. The number of likely N-dealkylation sites (tertiary alicyclic amines) is 1. The van der Waals surface area contributed by atoms with Crippen LogP contribution in [0.3, 0.4) is 0 Å². The number of methoxy groups -OCH3 is 1. The monoisotopic (exact) mass is 419 g/mol. The second-order valence-electron chi connectivity index (χ2n) is 8.23. The molecule has 1 aliphatic heterocycles. The Hall–Kier alpha value is -3.28. The molecular formula is C25H29N3O3. The van der Waals surface area contributed by atoms with Crippen LogP contribution in [0.5, 0.6) is 5.75 Å². The van der Waals surface area contributed by atoms with Gasteiger partial charge < -0.3 is 19.5 Å². The van der Waals surface area contributed by atoms with E-state index in [4.69, 9.17) is 4.74 Å². The Kier molecular flexibility index (Phi) is 5.98. The van der Waals surface area contributed by atoms with Crippen molar-refractivity contribution in [2.24, 2.45) is 0 Å². The standard InChI is InChI=1S/C25H29N3O3/c1-27(2)25(30)22-9-6-16-28(22)23(29)15-14-20-19-7-4-5-8-21(19)26-24(20)17-10-12-18(31-3)13-11-17/h4-5,7-8,10-13,22,26H,6,9,14-16H2,1-3H3. The molecule has 6 heteroatoms. The number of ether oxygens (including phenoxy) is 1. The molecular weight excluding hydrogens is 390 g/mol. The number of amides is 2. The van der Waals surface area contributed by atoms with E-state index in [-0.39, 0.29) is 17.9 Å². The van der Waals surface area contributed by atoms with Gasteiger partial charge in [-0.1, -0.05) is 18.2 Å². The average molecular weight is 420 g/mol. The molecule has 2 amide bonds. The van der Waals surface area contributed by atoms with E-state index in [9.17, 15) is 9.59 Å². The Labute approximate surface area is 182 Å². The molecule has 3 aromatic rings. The molecule has 1 unspecified atom stereocenters. The molecule has 1 saturated heterocycles. The Bertz CT molecular complexity index is 1090. The number of rotatable bonds is 6. The lowest BCUT2D eigenvalue weighted by molar-refractivity contribution is -0.142. The number of likely N-dealkylation sites (N-methyl/N-ethyl adjacent to an activating group) is 1. The molecule has 1 N–H and O–H groups in total. The molecule has 1 aromatic heterocycles. The molecule has 0 saturated carbocycles. The average Bonchev–Trinajstić information content (AvgIpc) is 3.42. The minimum Gasteiger partial charge on any atom is -0.497 e. The van der Waals surface area contributed by atoms with Gasteiger partial charge in [0.05, 0.1) is 7.11 Å². The Morgan fingerprint density at radius 2 is 1.87 bits per heavy atom. The van der Waals surface area contributed by atoms with E-state index in [0.29, 0.717) is 19.4 Å². The predicted molar refractivity (Wildman–Crippen MR) is 122 cm³/mol. The van der Waals surface area contributed by atoms with Crippen molar-refractivity contribution in [2.45, 2.75) is 31.7 Å². The Morgan fingerprint density at radius 1 is 1.13 bits per heavy atom. The van der Waals surface area contributed by atoms with Crippen LogP contribution in [0.15, 0.2) is 48.5 Å². The lowest BCUT2D eigenvalue weighted by Crippen LogP contribution is -2.45. The number of nitrogens with zero attached hydrogens (tertiary/aromatic N) is 2. The summed E-state index contributed by atoms with van der Waals surface area (Å²) in [6.45, 7) is 0.655. The molecule has 0 spiro atoms. The quantitative estimate of drug-likeness (QED) is 0.660. The molecule has 0 aliphatic carbocycles. The van der Waals surface area contributed by atoms with Crippen molar-refractivity contribution in [3.63, 3.8) is 0 Å². The molecule has 1 atom stereocenters. The van der Waals surface area contributed by atoms with Crippen molar-refractivity contribution in [3.05, 3.63) is 54.1 Å². The maximum Gasteiger partial charge on any atom is 0.244 e. The number of carbonyl (C=O) groups excluding carboxylic acids is 2. The summed E-state index contributed by atoms with van der Waals surface area (Å²) in [5.41, 5.74) is 4.27. The van der Waals surface area contributed by atoms with Gasteiger partial charge >= 0.3 is 0 Å². The van der Waals surface area contributed by atoms with Crippen LogP contribution in [0.4, 0.5) is 0 Å². The van der Waals surface area contributed by atoms with Gasteiger partial charge in [0, 0.05) is 43.7 Å². The van der Waals surface area contributed by atoms with E-state index < -0.39 is 0 Å². The molecule has 2 heterocycles. The third-order valence-electron chi connectivity index (χ3n) is 6.08. The van der Waals surface area contributed by atoms with Crippen LogP contribution in [0.2, 0.25) is 0 Å². The van der Waals surface area contributed by atoms with Crippen molar-refractivity contribution in [1.29, 1.82) is 0 Å². The molecule has 0 bridgehead atoms. The number of nitrogens with one attached hydrogen (secondary N) is 1. The minimum atomic E-state index is -0.327. The number of carbonyl (C=O) groups is 2. The van der Waals surface area contributed by atoms with Crippen LogP contribution >= 0.6 is 0 Å². The lowest BCUT2D eigenvalue weighted by atomic mass is 10.0. The van der Waals surface area contributed by atoms with E-state index in [0.717, 1.165) is 46.3 Å². The fourth-order valence-corrected chi connectivity index (χ4v) is 4.46. The Balaban J connectivity index is 1.59. The van der Waals surface area contributed by atoms with Gasteiger partial charge in [-0.05, 0) is 60.7 Å². The van der Waals surface area contributed by atoms with Crippen molar-refractivity contribution in [1.82, 2.24) is 14.8 Å². The highest BCUT2D eigenvalue weighted by atomic mass is 16.5. The fourth-order valence-electron chi connectivity index (χ4n) is 4.46. The molecule has 1 fully saturated rings. The second-order valence-corrected chi connectivity index (χ2v) is 8.23. The third-order valence-corrected chi connectivity index (χ3v) is 6.08. The van der Waals surface area contributed by atoms with Gasteiger partial charge in [0.2, 0.25) is 11.8 Å². The highest BCUT2D eigenvalue weighted by Gasteiger charge is 2.34. The summed E-state index contributed by atoms with van der Waals surface area (Å²) in [4.78, 5) is 32.4. The fraction of sp³-hybridized carbons (Fsp3) is 0.360. The number of para-hydroxylation sites is 1. The van der Waals surface area contributed by atoms with Crippen LogP contribution in [0, 0.1) is 0 Å². The van der Waals surface area contributed by atoms with E-state index in [1.165, 1.54) is 0 Å². The highest BCUT2D eigenvalue weighted by Crippen LogP contribution is 2.32. The van der Waals surface area contributed by atoms with Crippen LogP contribution in [0.1, 0.15) is 24.8 Å². The van der Waals surface area contributed by atoms with Gasteiger partial charge in [-0.2, -0.15) is 0 Å².